The Morgan fingerprint density at radius 2 is 0.720 bits per heavy atom. The van der Waals surface area contributed by atoms with Crippen LogP contribution < -0.4 is 10.6 Å². The van der Waals surface area contributed by atoms with Gasteiger partial charge in [-0.25, -0.2) is 0 Å². The summed E-state index contributed by atoms with van der Waals surface area (Å²) in [5.41, 5.74) is 0.775. The van der Waals surface area contributed by atoms with Gasteiger partial charge in [0.1, 0.15) is 37.1 Å². The van der Waals surface area contributed by atoms with E-state index in [1.54, 1.807) is 0 Å². The van der Waals surface area contributed by atoms with Crippen LogP contribution in [0.3, 0.4) is 0 Å². The molecule has 107 heavy (non-hydrogen) atoms. The van der Waals surface area contributed by atoms with Gasteiger partial charge < -0.3 is 49.3 Å². The van der Waals surface area contributed by atoms with Gasteiger partial charge in [0.2, 0.25) is 11.8 Å². The van der Waals surface area contributed by atoms with E-state index < -0.39 is 85.2 Å². The minimum Gasteiger partial charge on any atom is -0.462 e. The molecule has 2 amide bonds. The Kier molecular flexibility index (Phi) is 63.8. The lowest BCUT2D eigenvalue weighted by atomic mass is 9.88. The van der Waals surface area contributed by atoms with Crippen LogP contribution in [0.15, 0.2) is 30.3 Å². The predicted octanol–water partition coefficient (Wildman–Crippen LogP) is 22.0. The van der Waals surface area contributed by atoms with Crippen LogP contribution in [-0.2, 0) is 68.6 Å². The molecule has 0 saturated carbocycles. The average Bonchev–Trinajstić information content (AvgIpc) is 0.792. The summed E-state index contributed by atoms with van der Waals surface area (Å²) in [5, 5.41) is 29.5. The van der Waals surface area contributed by atoms with E-state index in [9.17, 15) is 43.8 Å². The second-order valence-corrected chi connectivity index (χ2v) is 31.5. The van der Waals surface area contributed by atoms with Crippen LogP contribution in [-0.4, -0.2) is 113 Å². The molecule has 0 radical (unpaired) electrons. The second-order valence-electron chi connectivity index (χ2n) is 31.5. The Morgan fingerprint density at radius 3 is 1.08 bits per heavy atom. The first kappa shape index (κ1) is 98.5. The molecule has 1 aliphatic rings. The van der Waals surface area contributed by atoms with Crippen molar-refractivity contribution in [3.63, 3.8) is 0 Å². The summed E-state index contributed by atoms with van der Waals surface area (Å²) in [6.07, 6.45) is 44.5. The lowest BCUT2D eigenvalue weighted by Crippen LogP contribution is -2.65. The Hall–Kier alpha value is -4.61. The van der Waals surface area contributed by atoms with Gasteiger partial charge in [0, 0.05) is 25.3 Å². The molecule has 1 aliphatic heterocycles. The summed E-state index contributed by atoms with van der Waals surface area (Å²) in [7, 11) is 0. The van der Waals surface area contributed by atoms with Crippen LogP contribution in [0.25, 0.3) is 0 Å². The van der Waals surface area contributed by atoms with Crippen molar-refractivity contribution in [2.45, 2.75) is 488 Å². The highest BCUT2D eigenvalue weighted by atomic mass is 16.6. The van der Waals surface area contributed by atoms with Crippen molar-refractivity contribution in [3.8, 4) is 0 Å². The third-order valence-corrected chi connectivity index (χ3v) is 21.4. The zero-order valence-electron chi connectivity index (χ0n) is 69.1. The molecule has 1 aromatic carbocycles. The summed E-state index contributed by atoms with van der Waals surface area (Å²) in [6, 6.07) is 7.12. The second kappa shape index (κ2) is 69.3. The molecule has 2 rings (SSSR count). The summed E-state index contributed by atoms with van der Waals surface area (Å²) in [4.78, 5) is 99.2. The van der Waals surface area contributed by atoms with Gasteiger partial charge in [0.15, 0.2) is 6.10 Å². The Bertz CT molecular complexity index is 2320. The van der Waals surface area contributed by atoms with Crippen LogP contribution in [0.5, 0.6) is 0 Å². The fourth-order valence-corrected chi connectivity index (χ4v) is 14.7. The highest BCUT2D eigenvalue weighted by Crippen LogP contribution is 2.30. The van der Waals surface area contributed by atoms with Crippen LogP contribution in [0.1, 0.15) is 432 Å². The molecular formula is C90H160N2O15. The van der Waals surface area contributed by atoms with Crippen molar-refractivity contribution < 1.29 is 72.2 Å². The maximum atomic E-state index is 15.0. The fourth-order valence-electron chi connectivity index (χ4n) is 14.7. The van der Waals surface area contributed by atoms with Gasteiger partial charge in [-0.2, -0.15) is 0 Å². The van der Waals surface area contributed by atoms with Crippen molar-refractivity contribution in [1.29, 1.82) is 0 Å². The smallest absolute Gasteiger partial charge is 0.310 e. The van der Waals surface area contributed by atoms with Gasteiger partial charge in [-0.15, -0.1) is 0 Å². The van der Waals surface area contributed by atoms with E-state index in [2.05, 4.69) is 52.2 Å². The molecule has 4 N–H and O–H groups in total. The molecule has 9 atom stereocenters. The Labute approximate surface area is 652 Å². The van der Waals surface area contributed by atoms with Gasteiger partial charge in [0.05, 0.1) is 44.4 Å². The standard InChI is InChI=1S/C90H160N2O15/c1-7-13-19-25-31-34-40-43-52-60-76(103-83(96)63-55-46-37-28-22-16-10-4)69-81(94)91-75(68-86(99)102-73-74-58-50-49-51-59-74)66-67-79-88(92-82(95)70-77(61-53-44-41-35-32-26-20-14-8-2)104-84(97)64-56-47-38-29-23-17-11-5)90(89(101)80(72-93)106-79)107-87(100)71-78(62-54-45-42-36-33-27-21-15-9-3)105-85(98)65-57-48-39-30-24-18-12-6/h49-51,58-59,75-80,88-90,93,101H,7-48,52-57,60-73H2,1-6H3,(H,91,94)(H,92,95)/t75-,76+,77+,78+,79-,80+,88-,89+,90+/m0/s1. The molecule has 1 heterocycles. The minimum atomic E-state index is -1.65. The highest BCUT2D eigenvalue weighted by molar-refractivity contribution is 5.79. The number of unbranched alkanes of at least 4 members (excludes halogenated alkanes) is 42. The zero-order valence-corrected chi connectivity index (χ0v) is 69.1. The molecule has 0 aromatic heterocycles. The first-order valence-corrected chi connectivity index (χ1v) is 44.7. The molecule has 1 fully saturated rings. The number of benzene rings is 1. The average molecular weight is 1510 g/mol. The first-order valence-electron chi connectivity index (χ1n) is 44.7. The molecule has 1 saturated heterocycles. The molecule has 0 spiro atoms. The third kappa shape index (κ3) is 54.6. The summed E-state index contributed by atoms with van der Waals surface area (Å²) in [6.45, 7) is 12.5. The van der Waals surface area contributed by atoms with E-state index in [0.29, 0.717) is 38.5 Å². The van der Waals surface area contributed by atoms with E-state index >= 15 is 0 Å². The molecule has 17 heteroatoms. The van der Waals surface area contributed by atoms with Crippen LogP contribution in [0, 0.1) is 0 Å². The number of ether oxygens (including phenoxy) is 6. The third-order valence-electron chi connectivity index (χ3n) is 21.4. The van der Waals surface area contributed by atoms with Gasteiger partial charge >= 0.3 is 29.8 Å². The number of carbonyl (C=O) groups is 7. The normalized spacial score (nSPS) is 16.8. The molecule has 0 unspecified atom stereocenters. The van der Waals surface area contributed by atoms with Crippen molar-refractivity contribution in [1.82, 2.24) is 10.6 Å². The minimum absolute atomic E-state index is 0.00117. The Balaban J connectivity index is 2.66. The summed E-state index contributed by atoms with van der Waals surface area (Å²) >= 11 is 0. The molecule has 0 aliphatic carbocycles. The van der Waals surface area contributed by atoms with Crippen LogP contribution >= 0.6 is 0 Å². The lowest BCUT2D eigenvalue weighted by molar-refractivity contribution is -0.213. The van der Waals surface area contributed by atoms with Crippen molar-refractivity contribution in [2.24, 2.45) is 0 Å². The highest BCUT2D eigenvalue weighted by Gasteiger charge is 2.48. The number of aliphatic hydroxyl groups excluding tert-OH is 2. The van der Waals surface area contributed by atoms with E-state index in [0.717, 1.165) is 185 Å². The monoisotopic (exact) mass is 1510 g/mol. The maximum absolute atomic E-state index is 15.0. The van der Waals surface area contributed by atoms with E-state index in [-0.39, 0.29) is 82.3 Å². The number of hydrogen-bond donors (Lipinski definition) is 4. The van der Waals surface area contributed by atoms with Gasteiger partial charge in [-0.3, -0.25) is 33.6 Å². The molecular weight excluding hydrogens is 1350 g/mol. The van der Waals surface area contributed by atoms with E-state index in [1.165, 1.54) is 109 Å². The molecule has 17 nitrogen and oxygen atoms in total. The van der Waals surface area contributed by atoms with Gasteiger partial charge in [-0.1, -0.05) is 342 Å². The SMILES string of the molecule is CCCCCCCCCCC[C@H](CC(=O)N[C@@H](CC[C@@H]1O[C@H](CO)[C@@H](O)[C@H](OC(=O)C[C@@H](CCCCCCCCCCC)OC(=O)CCCCCCCCC)[C@H]1NC(=O)C[C@@H](CCCCCCCCCCC)OC(=O)CCCCCCCCC)CC(=O)OCc1ccccc1)OC(=O)CCCCCCCCC. The van der Waals surface area contributed by atoms with Crippen molar-refractivity contribution in [2.75, 3.05) is 6.61 Å². The number of esters is 5. The molecule has 1 aromatic rings. The predicted molar refractivity (Wildman–Crippen MR) is 432 cm³/mol. The van der Waals surface area contributed by atoms with Crippen LogP contribution in [0.4, 0.5) is 0 Å². The van der Waals surface area contributed by atoms with Crippen molar-refractivity contribution >= 4 is 41.7 Å². The first-order chi connectivity index (χ1) is 52.2. The summed E-state index contributed by atoms with van der Waals surface area (Å²) < 4.78 is 37.2. The number of aliphatic hydroxyl groups is 2. The van der Waals surface area contributed by atoms with Crippen molar-refractivity contribution in [3.05, 3.63) is 35.9 Å². The van der Waals surface area contributed by atoms with E-state index in [1.807, 2.05) is 30.3 Å². The number of rotatable bonds is 74. The summed E-state index contributed by atoms with van der Waals surface area (Å²) in [5.74, 6) is -3.42. The number of hydrogen-bond acceptors (Lipinski definition) is 15. The number of nitrogens with one attached hydrogen (secondary N) is 2. The zero-order chi connectivity index (χ0) is 77.8. The van der Waals surface area contributed by atoms with Crippen LogP contribution in [0.2, 0.25) is 0 Å². The maximum Gasteiger partial charge on any atom is 0.310 e. The van der Waals surface area contributed by atoms with Gasteiger partial charge in [-0.05, 0) is 76.2 Å². The molecule has 620 valence electrons. The number of amides is 2. The van der Waals surface area contributed by atoms with Gasteiger partial charge in [0.25, 0.3) is 0 Å². The number of carbonyl (C=O) groups excluding carboxylic acids is 7. The quantitative estimate of drug-likeness (QED) is 0.0269. The lowest BCUT2D eigenvalue weighted by Gasteiger charge is -2.44. The largest absolute Gasteiger partial charge is 0.462 e. The fraction of sp³-hybridized carbons (Fsp3) is 0.856. The Morgan fingerprint density at radius 1 is 0.383 bits per heavy atom. The molecule has 0 bridgehead atoms. The topological polar surface area (TPSA) is 239 Å². The van der Waals surface area contributed by atoms with E-state index in [4.69, 9.17) is 28.4 Å².